The van der Waals surface area contributed by atoms with Gasteiger partial charge in [-0.3, -0.25) is 0 Å². The van der Waals surface area contributed by atoms with Gasteiger partial charge in [-0.25, -0.2) is 0 Å². The van der Waals surface area contributed by atoms with Crippen molar-refractivity contribution in [1.29, 1.82) is 0 Å². The lowest BCUT2D eigenvalue weighted by Gasteiger charge is -2.05. The first-order chi connectivity index (χ1) is 7.25. The number of rotatable bonds is 2. The molecule has 0 aliphatic heterocycles. The Morgan fingerprint density at radius 2 is 1.67 bits per heavy atom. The standard InChI is InChI=1S/C15H15/c1-12-7-9-14(10-8-12)11-13(2)15-5-3-4-6-15/h3-11H,1-2H3/q-1. The van der Waals surface area contributed by atoms with Gasteiger partial charge in [-0.15, -0.1) is 29.3 Å². The molecule has 0 nitrogen and oxygen atoms in total. The molecule has 0 radical (unpaired) electrons. The van der Waals surface area contributed by atoms with Gasteiger partial charge < -0.3 is 0 Å². The highest BCUT2D eigenvalue weighted by molar-refractivity contribution is 5.80. The van der Waals surface area contributed by atoms with Crippen LogP contribution in [-0.4, -0.2) is 0 Å². The zero-order valence-electron chi connectivity index (χ0n) is 9.20. The van der Waals surface area contributed by atoms with Crippen molar-refractivity contribution in [2.75, 3.05) is 0 Å². The molecule has 15 heavy (non-hydrogen) atoms. The average Bonchev–Trinajstić information content (AvgIpc) is 2.74. The van der Waals surface area contributed by atoms with Gasteiger partial charge >= 0.3 is 0 Å². The monoisotopic (exact) mass is 195 g/mol. The molecule has 2 aromatic carbocycles. The SMILES string of the molecule is CC(=Cc1ccc(C)cc1)[c-]1cccc1. The van der Waals surface area contributed by atoms with Gasteiger partial charge in [0.1, 0.15) is 0 Å². The molecule has 76 valence electrons. The van der Waals surface area contributed by atoms with E-state index in [2.05, 4.69) is 68.5 Å². The predicted molar refractivity (Wildman–Crippen MR) is 66.8 cm³/mol. The second-order valence-corrected chi connectivity index (χ2v) is 3.91. The Morgan fingerprint density at radius 3 is 2.27 bits per heavy atom. The molecule has 2 rings (SSSR count). The predicted octanol–water partition coefficient (Wildman–Crippen LogP) is 4.27. The first-order valence-electron chi connectivity index (χ1n) is 5.23. The van der Waals surface area contributed by atoms with Gasteiger partial charge in [0.25, 0.3) is 0 Å². The molecule has 0 heteroatoms. The van der Waals surface area contributed by atoms with Crippen molar-refractivity contribution in [3.63, 3.8) is 0 Å². The molecule has 0 saturated carbocycles. The summed E-state index contributed by atoms with van der Waals surface area (Å²) < 4.78 is 0. The van der Waals surface area contributed by atoms with Gasteiger partial charge in [0.2, 0.25) is 0 Å². The molecule has 0 bridgehead atoms. The minimum atomic E-state index is 1.26. The van der Waals surface area contributed by atoms with Gasteiger partial charge in [0, 0.05) is 0 Å². The first kappa shape index (κ1) is 9.85. The molecule has 0 fully saturated rings. The van der Waals surface area contributed by atoms with Crippen molar-refractivity contribution in [3.8, 4) is 0 Å². The van der Waals surface area contributed by atoms with Gasteiger partial charge in [0.05, 0.1) is 0 Å². The third kappa shape index (κ3) is 2.41. The van der Waals surface area contributed by atoms with Crippen LogP contribution in [0.25, 0.3) is 11.6 Å². The Morgan fingerprint density at radius 1 is 1.07 bits per heavy atom. The first-order valence-corrected chi connectivity index (χ1v) is 5.23. The molecular formula is C15H15-. The van der Waals surface area contributed by atoms with E-state index in [9.17, 15) is 0 Å². The van der Waals surface area contributed by atoms with Crippen LogP contribution >= 0.6 is 0 Å². The summed E-state index contributed by atoms with van der Waals surface area (Å²) in [4.78, 5) is 0. The van der Waals surface area contributed by atoms with Crippen molar-refractivity contribution in [2.45, 2.75) is 13.8 Å². The summed E-state index contributed by atoms with van der Waals surface area (Å²) in [5.41, 5.74) is 5.18. The third-order valence-electron chi connectivity index (χ3n) is 2.58. The third-order valence-corrected chi connectivity index (χ3v) is 2.58. The molecule has 2 aromatic rings. The van der Waals surface area contributed by atoms with Crippen LogP contribution in [0, 0.1) is 6.92 Å². The van der Waals surface area contributed by atoms with Crippen molar-refractivity contribution < 1.29 is 0 Å². The van der Waals surface area contributed by atoms with Gasteiger partial charge in [-0.2, -0.15) is 12.1 Å². The van der Waals surface area contributed by atoms with E-state index in [4.69, 9.17) is 0 Å². The van der Waals surface area contributed by atoms with Crippen LogP contribution in [-0.2, 0) is 0 Å². The normalized spacial score (nSPS) is 11.7. The van der Waals surface area contributed by atoms with Crippen LogP contribution in [0.4, 0.5) is 0 Å². The highest BCUT2D eigenvalue weighted by Crippen LogP contribution is 2.17. The Balaban J connectivity index is 2.27. The molecule has 0 saturated heterocycles. The Bertz CT molecular complexity index is 441. The zero-order chi connectivity index (χ0) is 10.7. The van der Waals surface area contributed by atoms with Gasteiger partial charge in [0.15, 0.2) is 0 Å². The maximum atomic E-state index is 2.22. The van der Waals surface area contributed by atoms with E-state index in [-0.39, 0.29) is 0 Å². The van der Waals surface area contributed by atoms with Gasteiger partial charge in [-0.05, 0) is 6.92 Å². The molecule has 0 heterocycles. The van der Waals surface area contributed by atoms with Crippen LogP contribution in [0.15, 0.2) is 48.5 Å². The number of aryl methyl sites for hydroxylation is 1. The van der Waals surface area contributed by atoms with E-state index in [1.54, 1.807) is 0 Å². The Hall–Kier alpha value is -1.69. The molecule has 0 unspecified atom stereocenters. The maximum absolute atomic E-state index is 2.22. The topological polar surface area (TPSA) is 0 Å². The molecule has 0 amide bonds. The average molecular weight is 195 g/mol. The summed E-state index contributed by atoms with van der Waals surface area (Å²) in [5.74, 6) is 0. The number of hydrogen-bond acceptors (Lipinski definition) is 0. The second-order valence-electron chi connectivity index (χ2n) is 3.91. The van der Waals surface area contributed by atoms with Crippen LogP contribution in [0.3, 0.4) is 0 Å². The molecule has 0 aromatic heterocycles. The maximum Gasteiger partial charge on any atom is -0.0398 e. The molecule has 0 aliphatic carbocycles. The molecule has 0 aliphatic rings. The van der Waals surface area contributed by atoms with E-state index < -0.39 is 0 Å². The number of hydrogen-bond donors (Lipinski definition) is 0. The summed E-state index contributed by atoms with van der Waals surface area (Å²) in [5, 5.41) is 0. The molecular weight excluding hydrogens is 180 g/mol. The van der Waals surface area contributed by atoms with Crippen LogP contribution in [0.1, 0.15) is 23.6 Å². The highest BCUT2D eigenvalue weighted by Gasteiger charge is 1.89. The lowest BCUT2D eigenvalue weighted by Crippen LogP contribution is -1.77. The summed E-state index contributed by atoms with van der Waals surface area (Å²) in [6.45, 7) is 4.26. The second kappa shape index (κ2) is 4.22. The Labute approximate surface area is 91.2 Å². The van der Waals surface area contributed by atoms with E-state index in [1.807, 2.05) is 0 Å². The van der Waals surface area contributed by atoms with Crippen molar-refractivity contribution in [2.24, 2.45) is 0 Å². The lowest BCUT2D eigenvalue weighted by atomic mass is 10.1. The Kier molecular flexibility index (Phi) is 2.77. The molecule has 0 spiro atoms. The smallest absolute Gasteiger partial charge is 0.0398 e. The number of allylic oxidation sites excluding steroid dienone is 1. The zero-order valence-corrected chi connectivity index (χ0v) is 9.20. The van der Waals surface area contributed by atoms with E-state index in [0.29, 0.717) is 0 Å². The van der Waals surface area contributed by atoms with E-state index >= 15 is 0 Å². The van der Waals surface area contributed by atoms with Gasteiger partial charge in [-0.1, -0.05) is 42.3 Å². The summed E-state index contributed by atoms with van der Waals surface area (Å²) in [6.07, 6.45) is 2.22. The quantitative estimate of drug-likeness (QED) is 0.627. The molecule has 0 atom stereocenters. The summed E-state index contributed by atoms with van der Waals surface area (Å²) in [7, 11) is 0. The lowest BCUT2D eigenvalue weighted by molar-refractivity contribution is 1.46. The fourth-order valence-electron chi connectivity index (χ4n) is 1.63. The fraction of sp³-hybridized carbons (Fsp3) is 0.133. The highest BCUT2D eigenvalue weighted by atomic mass is 14.0. The minimum Gasteiger partial charge on any atom is -0.174 e. The van der Waals surface area contributed by atoms with Crippen LogP contribution in [0.5, 0.6) is 0 Å². The summed E-state index contributed by atoms with van der Waals surface area (Å²) >= 11 is 0. The largest absolute Gasteiger partial charge is 0.174 e. The molecule has 0 N–H and O–H groups in total. The van der Waals surface area contributed by atoms with Crippen LogP contribution in [0.2, 0.25) is 0 Å². The van der Waals surface area contributed by atoms with Crippen molar-refractivity contribution >= 4 is 11.6 Å². The summed E-state index contributed by atoms with van der Waals surface area (Å²) in [6, 6.07) is 17.0. The van der Waals surface area contributed by atoms with E-state index in [1.165, 1.54) is 22.3 Å². The number of benzene rings is 1. The van der Waals surface area contributed by atoms with E-state index in [0.717, 1.165) is 0 Å². The fourth-order valence-corrected chi connectivity index (χ4v) is 1.63. The van der Waals surface area contributed by atoms with Crippen molar-refractivity contribution in [1.82, 2.24) is 0 Å². The van der Waals surface area contributed by atoms with Crippen LogP contribution < -0.4 is 0 Å². The van der Waals surface area contributed by atoms with Crippen molar-refractivity contribution in [3.05, 3.63) is 65.2 Å². The minimum absolute atomic E-state index is 1.26.